The number of carbonyl (C=O) groups excluding carboxylic acids is 1. The van der Waals surface area contributed by atoms with Gasteiger partial charge in [-0.05, 0) is 48.9 Å². The molecule has 0 aliphatic rings. The number of hydrogen-bond acceptors (Lipinski definition) is 5. The minimum absolute atomic E-state index is 0.00563. The van der Waals surface area contributed by atoms with Gasteiger partial charge in [0.1, 0.15) is 15.8 Å². The number of alkyl halides is 3. The zero-order valence-electron chi connectivity index (χ0n) is 16.7. The van der Waals surface area contributed by atoms with E-state index in [4.69, 9.17) is 33.0 Å². The number of halogens is 5. The van der Waals surface area contributed by atoms with Crippen LogP contribution in [0.25, 0.3) is 16.6 Å². The number of allylic oxidation sites excluding steroid dienone is 1. The Hall–Kier alpha value is -2.88. The summed E-state index contributed by atoms with van der Waals surface area (Å²) in [5, 5.41) is 9.19. The predicted octanol–water partition coefficient (Wildman–Crippen LogP) is 6.80. The normalized spacial score (nSPS) is 11.7. The number of rotatable bonds is 7. The molecule has 11 heteroatoms. The van der Waals surface area contributed by atoms with Crippen LogP contribution in [0, 0.1) is 6.92 Å². The number of aliphatic carboxylic acids is 1. The molecule has 3 aromatic rings. The maximum absolute atomic E-state index is 12.8. The summed E-state index contributed by atoms with van der Waals surface area (Å²) in [5.74, 6) is -1.46. The van der Waals surface area contributed by atoms with Crippen molar-refractivity contribution in [1.29, 1.82) is 0 Å². The van der Waals surface area contributed by atoms with Crippen LogP contribution in [0.2, 0.25) is 10.0 Å². The average Bonchev–Trinajstić information content (AvgIpc) is 3.15. The molecule has 0 amide bonds. The lowest BCUT2D eigenvalue weighted by molar-refractivity contribution is -0.139. The number of thiazole rings is 1. The van der Waals surface area contributed by atoms with Crippen molar-refractivity contribution in [2.75, 3.05) is 6.61 Å². The van der Waals surface area contributed by atoms with Gasteiger partial charge < -0.3 is 9.84 Å². The lowest BCUT2D eigenvalue weighted by Crippen LogP contribution is -2.09. The van der Waals surface area contributed by atoms with E-state index in [2.05, 4.69) is 4.98 Å². The molecule has 0 atom stereocenters. The fourth-order valence-electron chi connectivity index (χ4n) is 2.72. The van der Waals surface area contributed by atoms with Gasteiger partial charge in [0, 0.05) is 5.56 Å². The number of hydrogen-bond donors (Lipinski definition) is 1. The van der Waals surface area contributed by atoms with Crippen LogP contribution in [-0.2, 0) is 11.0 Å². The van der Waals surface area contributed by atoms with Crippen molar-refractivity contribution in [2.24, 2.45) is 0 Å². The van der Waals surface area contributed by atoms with Crippen LogP contribution in [0.3, 0.4) is 0 Å². The zero-order chi connectivity index (χ0) is 24.3. The van der Waals surface area contributed by atoms with E-state index in [1.54, 1.807) is 6.92 Å². The number of ketones is 1. The minimum Gasteiger partial charge on any atom is -0.480 e. The molecule has 0 saturated carbocycles. The highest BCUT2D eigenvalue weighted by Gasteiger charge is 2.30. The van der Waals surface area contributed by atoms with Gasteiger partial charge in [-0.1, -0.05) is 35.3 Å². The lowest BCUT2D eigenvalue weighted by Gasteiger charge is -2.08. The summed E-state index contributed by atoms with van der Waals surface area (Å²) in [6, 6.07) is 7.48. The molecular formula is C22H14Cl2F3NO4S. The van der Waals surface area contributed by atoms with Gasteiger partial charge in [0.15, 0.2) is 12.4 Å². The Labute approximate surface area is 200 Å². The van der Waals surface area contributed by atoms with Crippen LogP contribution < -0.4 is 4.74 Å². The maximum Gasteiger partial charge on any atom is 0.416 e. The topological polar surface area (TPSA) is 76.5 Å². The monoisotopic (exact) mass is 515 g/mol. The summed E-state index contributed by atoms with van der Waals surface area (Å²) in [7, 11) is 0. The lowest BCUT2D eigenvalue weighted by atomic mass is 10.1. The highest BCUT2D eigenvalue weighted by Crippen LogP contribution is 2.36. The first-order chi connectivity index (χ1) is 15.5. The van der Waals surface area contributed by atoms with Gasteiger partial charge >= 0.3 is 12.1 Å². The SMILES string of the molecule is Cc1nc(-c2ccc(C(F)(F)F)cc2)sc1C(=O)/C=C/c1ccc(OCC(=O)O)c(Cl)c1Cl. The summed E-state index contributed by atoms with van der Waals surface area (Å²) in [6.45, 7) is 1.04. The van der Waals surface area contributed by atoms with Crippen molar-refractivity contribution in [2.45, 2.75) is 13.1 Å². The third-order valence-corrected chi connectivity index (χ3v) is 6.42. The fourth-order valence-corrected chi connectivity index (χ4v) is 4.16. The van der Waals surface area contributed by atoms with E-state index in [1.165, 1.54) is 36.4 Å². The van der Waals surface area contributed by atoms with Crippen molar-refractivity contribution >= 4 is 52.4 Å². The number of aromatic nitrogens is 1. The van der Waals surface area contributed by atoms with E-state index in [0.29, 0.717) is 26.7 Å². The smallest absolute Gasteiger partial charge is 0.416 e. The molecule has 5 nitrogen and oxygen atoms in total. The van der Waals surface area contributed by atoms with Crippen molar-refractivity contribution in [1.82, 2.24) is 4.98 Å². The predicted molar refractivity (Wildman–Crippen MR) is 120 cm³/mol. The van der Waals surface area contributed by atoms with Crippen LogP contribution >= 0.6 is 34.5 Å². The number of aryl methyl sites for hydroxylation is 1. The Morgan fingerprint density at radius 2 is 1.79 bits per heavy atom. The molecule has 33 heavy (non-hydrogen) atoms. The summed E-state index contributed by atoms with van der Waals surface area (Å²) in [4.78, 5) is 27.9. The number of benzene rings is 2. The van der Waals surface area contributed by atoms with Gasteiger partial charge in [0.2, 0.25) is 0 Å². The Morgan fingerprint density at radius 1 is 1.12 bits per heavy atom. The largest absolute Gasteiger partial charge is 0.480 e. The molecule has 0 aliphatic carbocycles. The van der Waals surface area contributed by atoms with Crippen LogP contribution in [0.1, 0.15) is 26.5 Å². The van der Waals surface area contributed by atoms with Gasteiger partial charge in [-0.2, -0.15) is 13.2 Å². The van der Waals surface area contributed by atoms with Crippen molar-refractivity contribution in [3.63, 3.8) is 0 Å². The van der Waals surface area contributed by atoms with E-state index in [1.807, 2.05) is 0 Å². The third kappa shape index (κ3) is 5.93. The fraction of sp³-hybridized carbons (Fsp3) is 0.136. The van der Waals surface area contributed by atoms with Crippen molar-refractivity contribution < 1.29 is 32.6 Å². The number of carboxylic acids is 1. The number of ether oxygens (including phenoxy) is 1. The Balaban J connectivity index is 1.79. The molecule has 0 aliphatic heterocycles. The molecule has 0 unspecified atom stereocenters. The number of nitrogens with zero attached hydrogens (tertiary/aromatic N) is 1. The van der Waals surface area contributed by atoms with Crippen molar-refractivity contribution in [3.05, 3.63) is 74.2 Å². The average molecular weight is 516 g/mol. The summed E-state index contributed by atoms with van der Waals surface area (Å²) in [6.07, 6.45) is -1.73. The molecule has 2 aromatic carbocycles. The molecule has 1 N–H and O–H groups in total. The molecule has 3 rings (SSSR count). The second kappa shape index (κ2) is 9.94. The third-order valence-electron chi connectivity index (χ3n) is 4.32. The highest BCUT2D eigenvalue weighted by atomic mass is 35.5. The Bertz CT molecular complexity index is 1240. The van der Waals surface area contributed by atoms with Crippen LogP contribution in [0.15, 0.2) is 42.5 Å². The highest BCUT2D eigenvalue weighted by molar-refractivity contribution is 7.17. The number of carboxylic acid groups (broad SMARTS) is 1. The molecule has 1 heterocycles. The molecule has 0 bridgehead atoms. The van der Waals surface area contributed by atoms with Gasteiger partial charge in [-0.25, -0.2) is 9.78 Å². The van der Waals surface area contributed by atoms with Crippen molar-refractivity contribution in [3.8, 4) is 16.3 Å². The molecule has 0 fully saturated rings. The van der Waals surface area contributed by atoms with E-state index in [9.17, 15) is 22.8 Å². The first-order valence-electron chi connectivity index (χ1n) is 9.17. The molecule has 172 valence electrons. The van der Waals surface area contributed by atoms with Gasteiger partial charge in [-0.15, -0.1) is 11.3 Å². The van der Waals surface area contributed by atoms with E-state index in [-0.39, 0.29) is 21.6 Å². The Morgan fingerprint density at radius 3 is 2.39 bits per heavy atom. The second-order valence-electron chi connectivity index (χ2n) is 6.67. The summed E-state index contributed by atoms with van der Waals surface area (Å²) >= 11 is 13.4. The van der Waals surface area contributed by atoms with E-state index < -0.39 is 24.3 Å². The first-order valence-corrected chi connectivity index (χ1v) is 10.7. The van der Waals surface area contributed by atoms with Gasteiger partial charge in [0.05, 0.1) is 21.2 Å². The van der Waals surface area contributed by atoms with Gasteiger partial charge in [0.25, 0.3) is 0 Å². The standard InChI is InChI=1S/C22H14Cl2F3NO4S/c1-11-20(33-21(28-11)13-2-6-14(7-3-13)22(25,26)27)15(29)8-4-12-5-9-16(19(24)18(12)23)32-10-17(30)31/h2-9H,10H2,1H3,(H,30,31)/b8-4+. The minimum atomic E-state index is -4.44. The Kier molecular flexibility index (Phi) is 7.46. The molecule has 1 aromatic heterocycles. The molecule has 0 saturated heterocycles. The molecule has 0 radical (unpaired) electrons. The quantitative estimate of drug-likeness (QED) is 0.276. The van der Waals surface area contributed by atoms with Crippen LogP contribution in [0.5, 0.6) is 5.75 Å². The van der Waals surface area contributed by atoms with Crippen LogP contribution in [0.4, 0.5) is 13.2 Å². The zero-order valence-corrected chi connectivity index (χ0v) is 19.1. The first kappa shape index (κ1) is 24.8. The molecular weight excluding hydrogens is 502 g/mol. The van der Waals surface area contributed by atoms with Crippen LogP contribution in [-0.4, -0.2) is 28.4 Å². The van der Waals surface area contributed by atoms with Gasteiger partial charge in [-0.3, -0.25) is 4.79 Å². The second-order valence-corrected chi connectivity index (χ2v) is 8.42. The maximum atomic E-state index is 12.8. The van der Waals surface area contributed by atoms with E-state index in [0.717, 1.165) is 23.5 Å². The molecule has 0 spiro atoms. The summed E-state index contributed by atoms with van der Waals surface area (Å²) in [5.41, 5.74) is 0.536. The number of carbonyl (C=O) groups is 2. The van der Waals surface area contributed by atoms with E-state index >= 15 is 0 Å². The summed E-state index contributed by atoms with van der Waals surface area (Å²) < 4.78 is 43.3.